The quantitative estimate of drug-likeness (QED) is 0.400. The van der Waals surface area contributed by atoms with Crippen LogP contribution in [0.5, 0.6) is 29.5 Å². The van der Waals surface area contributed by atoms with E-state index in [1.807, 2.05) is 12.1 Å². The molecule has 0 fully saturated rings. The van der Waals surface area contributed by atoms with Crippen molar-refractivity contribution < 1.29 is 36.9 Å². The molecule has 1 aliphatic heterocycles. The number of nitrogens with one attached hydrogen (secondary N) is 1. The Morgan fingerprint density at radius 3 is 2.48 bits per heavy atom. The van der Waals surface area contributed by atoms with E-state index >= 15 is 0 Å². The van der Waals surface area contributed by atoms with E-state index in [4.69, 9.17) is 18.9 Å². The Morgan fingerprint density at radius 2 is 1.75 bits per heavy atom. The molecule has 0 spiro atoms. The second kappa shape index (κ2) is 11.4. The zero-order valence-electron chi connectivity index (χ0n) is 21.9. The molecule has 1 unspecified atom stereocenters. The first-order valence-corrected chi connectivity index (χ1v) is 12.7. The number of carbonyl (C=O) groups is 1. The summed E-state index contributed by atoms with van der Waals surface area (Å²) in [6.07, 6.45) is 0.506. The minimum atomic E-state index is -4.48. The van der Waals surface area contributed by atoms with Crippen molar-refractivity contribution in [2.75, 3.05) is 20.8 Å². The third kappa shape index (κ3) is 6.11. The fourth-order valence-corrected chi connectivity index (χ4v) is 4.83. The van der Waals surface area contributed by atoms with Crippen LogP contribution in [0.2, 0.25) is 0 Å². The Hall–Kier alpha value is -4.35. The van der Waals surface area contributed by atoms with Crippen molar-refractivity contribution in [1.29, 1.82) is 0 Å². The van der Waals surface area contributed by atoms with Gasteiger partial charge in [0.25, 0.3) is 0 Å². The molecule has 0 radical (unpaired) electrons. The van der Waals surface area contributed by atoms with Gasteiger partial charge in [0.05, 0.1) is 32.4 Å². The number of amides is 1. The Bertz CT molecular complexity index is 1420. The molecule has 1 amide bonds. The molecule has 0 saturated heterocycles. The molecule has 40 heavy (non-hydrogen) atoms. The minimum Gasteiger partial charge on any atom is -0.493 e. The van der Waals surface area contributed by atoms with E-state index in [1.54, 1.807) is 6.07 Å². The highest BCUT2D eigenvalue weighted by Crippen LogP contribution is 2.38. The Morgan fingerprint density at radius 1 is 1.00 bits per heavy atom. The van der Waals surface area contributed by atoms with Crippen LogP contribution in [0.4, 0.5) is 13.2 Å². The maximum Gasteiger partial charge on any atom is 0.416 e. The van der Waals surface area contributed by atoms with Gasteiger partial charge in [-0.2, -0.15) is 13.2 Å². The van der Waals surface area contributed by atoms with Gasteiger partial charge in [0.15, 0.2) is 0 Å². The summed E-state index contributed by atoms with van der Waals surface area (Å²) in [6.45, 7) is 0.269. The molecule has 2 aromatic carbocycles. The van der Waals surface area contributed by atoms with Gasteiger partial charge in [-0.3, -0.25) is 4.79 Å². The SMILES string of the molecule is COc1nc(OC)nc(Oc2ccc3c(c2)C(NC(=O)C=C2CCCOc4cc(C(F)(F)F)ccc42)CCC3)n1. The highest BCUT2D eigenvalue weighted by atomic mass is 19.4. The number of hydrogen-bond acceptors (Lipinski definition) is 8. The zero-order chi connectivity index (χ0) is 28.3. The minimum absolute atomic E-state index is 0.00675. The second-order valence-electron chi connectivity index (χ2n) is 9.34. The molecule has 5 rings (SSSR count). The van der Waals surface area contributed by atoms with Crippen LogP contribution in [0, 0.1) is 0 Å². The number of fused-ring (bicyclic) bond motifs is 2. The number of ether oxygens (including phenoxy) is 4. The zero-order valence-corrected chi connectivity index (χ0v) is 21.9. The lowest BCUT2D eigenvalue weighted by atomic mass is 9.87. The Balaban J connectivity index is 1.36. The van der Waals surface area contributed by atoms with Crippen molar-refractivity contribution in [1.82, 2.24) is 20.3 Å². The summed E-state index contributed by atoms with van der Waals surface area (Å²) in [5.41, 5.74) is 2.31. The van der Waals surface area contributed by atoms with Gasteiger partial charge >= 0.3 is 24.2 Å². The molecule has 1 N–H and O–H groups in total. The van der Waals surface area contributed by atoms with Gasteiger partial charge in [0, 0.05) is 11.6 Å². The molecule has 2 heterocycles. The molecule has 0 bridgehead atoms. The first kappa shape index (κ1) is 27.2. The summed E-state index contributed by atoms with van der Waals surface area (Å²) >= 11 is 0. The van der Waals surface area contributed by atoms with Crippen molar-refractivity contribution in [3.63, 3.8) is 0 Å². The molecule has 210 valence electrons. The summed E-state index contributed by atoms with van der Waals surface area (Å²) in [7, 11) is 2.83. The van der Waals surface area contributed by atoms with E-state index in [-0.39, 0.29) is 42.3 Å². The van der Waals surface area contributed by atoms with E-state index in [0.29, 0.717) is 36.1 Å². The normalized spacial score (nSPS) is 17.6. The van der Waals surface area contributed by atoms with Crippen molar-refractivity contribution >= 4 is 11.5 Å². The van der Waals surface area contributed by atoms with Crippen LogP contribution in [-0.4, -0.2) is 41.7 Å². The second-order valence-corrected chi connectivity index (χ2v) is 9.34. The number of aryl methyl sites for hydroxylation is 1. The van der Waals surface area contributed by atoms with Gasteiger partial charge < -0.3 is 24.3 Å². The summed E-state index contributed by atoms with van der Waals surface area (Å²) in [6, 6.07) is 8.73. The van der Waals surface area contributed by atoms with Crippen LogP contribution in [0.1, 0.15) is 54.0 Å². The maximum absolute atomic E-state index is 13.2. The fourth-order valence-electron chi connectivity index (χ4n) is 4.83. The van der Waals surface area contributed by atoms with E-state index in [1.165, 1.54) is 26.4 Å². The lowest BCUT2D eigenvalue weighted by Gasteiger charge is -2.26. The van der Waals surface area contributed by atoms with Gasteiger partial charge in [0.2, 0.25) is 5.91 Å². The molecule has 3 aromatic rings. The number of methoxy groups -OCH3 is 2. The first-order valence-electron chi connectivity index (χ1n) is 12.7. The predicted molar refractivity (Wildman–Crippen MR) is 137 cm³/mol. The summed E-state index contributed by atoms with van der Waals surface area (Å²) in [5.74, 6) is 0.255. The molecule has 1 atom stereocenters. The maximum atomic E-state index is 13.2. The van der Waals surface area contributed by atoms with Crippen LogP contribution in [0.15, 0.2) is 42.5 Å². The van der Waals surface area contributed by atoms with Crippen molar-refractivity contribution in [2.45, 2.75) is 44.3 Å². The van der Waals surface area contributed by atoms with E-state index in [9.17, 15) is 18.0 Å². The summed E-state index contributed by atoms with van der Waals surface area (Å²) in [4.78, 5) is 25.3. The lowest BCUT2D eigenvalue weighted by Crippen LogP contribution is -2.29. The fraction of sp³-hybridized carbons (Fsp3) is 0.357. The highest BCUT2D eigenvalue weighted by Gasteiger charge is 2.32. The topological polar surface area (TPSA) is 105 Å². The number of aromatic nitrogens is 3. The van der Waals surface area contributed by atoms with E-state index in [2.05, 4.69) is 20.3 Å². The third-order valence-electron chi connectivity index (χ3n) is 6.70. The molecular weight excluding hydrogens is 529 g/mol. The number of hydrogen-bond donors (Lipinski definition) is 1. The predicted octanol–water partition coefficient (Wildman–Crippen LogP) is 5.45. The lowest BCUT2D eigenvalue weighted by molar-refractivity contribution is -0.137. The molecular formula is C28H27F3N4O5. The van der Waals surface area contributed by atoms with E-state index in [0.717, 1.165) is 36.1 Å². The summed E-state index contributed by atoms with van der Waals surface area (Å²) in [5, 5.41) is 3.06. The van der Waals surface area contributed by atoms with Crippen molar-refractivity contribution in [3.05, 3.63) is 64.7 Å². The van der Waals surface area contributed by atoms with Crippen LogP contribution in [-0.2, 0) is 17.4 Å². The molecule has 9 nitrogen and oxygen atoms in total. The van der Waals surface area contributed by atoms with Crippen LogP contribution < -0.4 is 24.3 Å². The molecule has 0 saturated carbocycles. The van der Waals surface area contributed by atoms with Crippen LogP contribution in [0.25, 0.3) is 5.57 Å². The first-order chi connectivity index (χ1) is 19.2. The van der Waals surface area contributed by atoms with E-state index < -0.39 is 11.7 Å². The van der Waals surface area contributed by atoms with Gasteiger partial charge in [0.1, 0.15) is 11.5 Å². The van der Waals surface area contributed by atoms with Gasteiger partial charge in [-0.1, -0.05) is 12.1 Å². The largest absolute Gasteiger partial charge is 0.493 e. The van der Waals surface area contributed by atoms with Crippen LogP contribution >= 0.6 is 0 Å². The number of nitrogens with zero attached hydrogens (tertiary/aromatic N) is 3. The highest BCUT2D eigenvalue weighted by molar-refractivity contribution is 5.96. The molecule has 1 aliphatic carbocycles. The average molecular weight is 557 g/mol. The number of allylic oxidation sites excluding steroid dienone is 1. The number of benzene rings is 2. The summed E-state index contributed by atoms with van der Waals surface area (Å²) < 4.78 is 61.2. The van der Waals surface area contributed by atoms with Gasteiger partial charge in [-0.25, -0.2) is 0 Å². The number of halogens is 3. The van der Waals surface area contributed by atoms with Crippen molar-refractivity contribution in [2.24, 2.45) is 0 Å². The Kier molecular flexibility index (Phi) is 7.76. The Labute approximate surface area is 228 Å². The number of rotatable bonds is 6. The standard InChI is InChI=1S/C28H27F3N4O5/c1-37-25-33-26(38-2)35-27(34-25)40-19-10-8-16-5-3-7-22(21(16)15-19)32-24(36)13-17-6-4-12-39-23-14-18(28(29,30)31)9-11-20(17)23/h8-11,13-15,22H,3-7,12H2,1-2H3,(H,32,36). The average Bonchev–Trinajstić information content (AvgIpc) is 3.14. The number of carbonyl (C=O) groups excluding carboxylic acids is 1. The van der Waals surface area contributed by atoms with Crippen molar-refractivity contribution in [3.8, 4) is 29.5 Å². The van der Waals surface area contributed by atoms with Gasteiger partial charge in [-0.15, -0.1) is 15.0 Å². The molecule has 12 heteroatoms. The van der Waals surface area contributed by atoms with Crippen LogP contribution in [0.3, 0.4) is 0 Å². The van der Waals surface area contributed by atoms with Gasteiger partial charge in [-0.05, 0) is 73.1 Å². The molecule has 2 aliphatic rings. The number of alkyl halides is 3. The monoisotopic (exact) mass is 556 g/mol. The molecule has 1 aromatic heterocycles. The smallest absolute Gasteiger partial charge is 0.416 e. The third-order valence-corrected chi connectivity index (χ3v) is 6.70.